The fraction of sp³-hybridized carbons (Fsp3) is 0.571. The van der Waals surface area contributed by atoms with Crippen LogP contribution < -0.4 is 5.73 Å². The third-order valence-corrected chi connectivity index (χ3v) is 4.88. The van der Waals surface area contributed by atoms with Gasteiger partial charge in [-0.1, -0.05) is 11.6 Å². The molecular formula is C14H19ClFNS. The topological polar surface area (TPSA) is 26.0 Å². The molecule has 1 unspecified atom stereocenters. The van der Waals surface area contributed by atoms with Crippen molar-refractivity contribution in [3.8, 4) is 0 Å². The van der Waals surface area contributed by atoms with E-state index < -0.39 is 0 Å². The molecule has 2 rings (SSSR count). The molecule has 100 valence electrons. The summed E-state index contributed by atoms with van der Waals surface area (Å²) in [4.78, 5) is 0. The first kappa shape index (κ1) is 14.2. The van der Waals surface area contributed by atoms with E-state index >= 15 is 0 Å². The zero-order valence-electron chi connectivity index (χ0n) is 10.4. The molecular weight excluding hydrogens is 269 g/mol. The summed E-state index contributed by atoms with van der Waals surface area (Å²) in [7, 11) is 0. The van der Waals surface area contributed by atoms with Gasteiger partial charge < -0.3 is 5.73 Å². The highest BCUT2D eigenvalue weighted by Crippen LogP contribution is 2.27. The Balaban J connectivity index is 1.89. The standard InChI is InChI=1S/C14H19ClFNS/c15-14-2-1-12(16)8-11(14)9-13(17)7-10-3-5-18-6-4-10/h1-2,8,10,13H,3-7,9,17H2. The van der Waals surface area contributed by atoms with Crippen LogP contribution in [0.5, 0.6) is 0 Å². The van der Waals surface area contributed by atoms with Gasteiger partial charge in [0.1, 0.15) is 5.82 Å². The van der Waals surface area contributed by atoms with E-state index in [-0.39, 0.29) is 11.9 Å². The zero-order valence-corrected chi connectivity index (χ0v) is 11.9. The second-order valence-electron chi connectivity index (χ2n) is 4.99. The molecule has 0 bridgehead atoms. The van der Waals surface area contributed by atoms with Gasteiger partial charge in [-0.05, 0) is 66.9 Å². The lowest BCUT2D eigenvalue weighted by molar-refractivity contribution is 0.405. The summed E-state index contributed by atoms with van der Waals surface area (Å²) >= 11 is 8.08. The van der Waals surface area contributed by atoms with Gasteiger partial charge in [0, 0.05) is 11.1 Å². The Morgan fingerprint density at radius 1 is 1.39 bits per heavy atom. The molecule has 1 aliphatic heterocycles. The highest BCUT2D eigenvalue weighted by atomic mass is 35.5. The van der Waals surface area contributed by atoms with Crippen LogP contribution in [0.25, 0.3) is 0 Å². The van der Waals surface area contributed by atoms with Crippen molar-refractivity contribution in [2.45, 2.75) is 31.7 Å². The molecule has 1 aromatic carbocycles. The van der Waals surface area contributed by atoms with E-state index in [1.165, 1.54) is 36.5 Å². The Bertz CT molecular complexity index is 393. The Hall–Kier alpha value is -0.250. The number of hydrogen-bond acceptors (Lipinski definition) is 2. The minimum atomic E-state index is -0.240. The third kappa shape index (κ3) is 4.15. The second-order valence-corrected chi connectivity index (χ2v) is 6.62. The number of halogens is 2. The minimum Gasteiger partial charge on any atom is -0.327 e. The van der Waals surface area contributed by atoms with Crippen LogP contribution in [0.15, 0.2) is 18.2 Å². The first-order valence-electron chi connectivity index (χ1n) is 6.42. The van der Waals surface area contributed by atoms with Crippen LogP contribution in [0, 0.1) is 11.7 Å². The van der Waals surface area contributed by atoms with Gasteiger partial charge in [0.2, 0.25) is 0 Å². The van der Waals surface area contributed by atoms with Crippen molar-refractivity contribution in [1.82, 2.24) is 0 Å². The van der Waals surface area contributed by atoms with Crippen molar-refractivity contribution < 1.29 is 4.39 Å². The first-order valence-corrected chi connectivity index (χ1v) is 7.95. The summed E-state index contributed by atoms with van der Waals surface area (Å²) in [6.45, 7) is 0. The van der Waals surface area contributed by atoms with Crippen molar-refractivity contribution in [2.24, 2.45) is 11.7 Å². The van der Waals surface area contributed by atoms with Crippen LogP contribution in [0.4, 0.5) is 4.39 Å². The number of benzene rings is 1. The predicted octanol–water partition coefficient (Wildman–Crippen LogP) is 3.88. The van der Waals surface area contributed by atoms with Crippen LogP contribution in [0.3, 0.4) is 0 Å². The van der Waals surface area contributed by atoms with Gasteiger partial charge in [-0.3, -0.25) is 0 Å². The van der Waals surface area contributed by atoms with Crippen LogP contribution in [0.1, 0.15) is 24.8 Å². The molecule has 1 fully saturated rings. The maximum absolute atomic E-state index is 13.2. The van der Waals surface area contributed by atoms with Gasteiger partial charge in [-0.25, -0.2) is 4.39 Å². The van der Waals surface area contributed by atoms with Crippen LogP contribution >= 0.6 is 23.4 Å². The van der Waals surface area contributed by atoms with Crippen molar-refractivity contribution in [1.29, 1.82) is 0 Å². The van der Waals surface area contributed by atoms with Crippen LogP contribution in [0.2, 0.25) is 5.02 Å². The lowest BCUT2D eigenvalue weighted by Gasteiger charge is -2.24. The molecule has 4 heteroatoms. The van der Waals surface area contributed by atoms with Gasteiger partial charge in [0.05, 0.1) is 0 Å². The maximum Gasteiger partial charge on any atom is 0.123 e. The van der Waals surface area contributed by atoms with Crippen LogP contribution in [-0.4, -0.2) is 17.5 Å². The van der Waals surface area contributed by atoms with Crippen molar-refractivity contribution in [2.75, 3.05) is 11.5 Å². The molecule has 0 aromatic heterocycles. The molecule has 1 saturated heterocycles. The molecule has 1 heterocycles. The number of thioether (sulfide) groups is 1. The monoisotopic (exact) mass is 287 g/mol. The average molecular weight is 288 g/mol. The smallest absolute Gasteiger partial charge is 0.123 e. The average Bonchev–Trinajstić information content (AvgIpc) is 2.35. The highest BCUT2D eigenvalue weighted by Gasteiger charge is 2.18. The summed E-state index contributed by atoms with van der Waals surface area (Å²) in [5.74, 6) is 2.99. The molecule has 1 nitrogen and oxygen atoms in total. The zero-order chi connectivity index (χ0) is 13.0. The van der Waals surface area contributed by atoms with Gasteiger partial charge >= 0.3 is 0 Å². The Kier molecular flexibility index (Phi) is 5.34. The largest absolute Gasteiger partial charge is 0.327 e. The molecule has 1 atom stereocenters. The highest BCUT2D eigenvalue weighted by molar-refractivity contribution is 7.99. The SMILES string of the molecule is NC(Cc1cc(F)ccc1Cl)CC1CCSCC1. The quantitative estimate of drug-likeness (QED) is 0.909. The van der Waals surface area contributed by atoms with E-state index in [0.29, 0.717) is 11.4 Å². The second kappa shape index (κ2) is 6.78. The maximum atomic E-state index is 13.2. The summed E-state index contributed by atoms with van der Waals surface area (Å²) < 4.78 is 13.2. The van der Waals surface area contributed by atoms with Gasteiger partial charge in [0.25, 0.3) is 0 Å². The first-order chi connectivity index (χ1) is 8.65. The summed E-state index contributed by atoms with van der Waals surface area (Å²) in [5.41, 5.74) is 7.00. The molecule has 0 spiro atoms. The Morgan fingerprint density at radius 2 is 2.11 bits per heavy atom. The fourth-order valence-corrected chi connectivity index (χ4v) is 3.87. The summed E-state index contributed by atoms with van der Waals surface area (Å²) in [6.07, 6.45) is 4.21. The fourth-order valence-electron chi connectivity index (χ4n) is 2.48. The third-order valence-electron chi connectivity index (χ3n) is 3.47. The van der Waals surface area contributed by atoms with Gasteiger partial charge in [-0.15, -0.1) is 0 Å². The molecule has 0 aliphatic carbocycles. The molecule has 0 amide bonds. The van der Waals surface area contributed by atoms with E-state index in [2.05, 4.69) is 0 Å². The van der Waals surface area contributed by atoms with Crippen molar-refractivity contribution in [3.63, 3.8) is 0 Å². The molecule has 0 saturated carbocycles. The van der Waals surface area contributed by atoms with E-state index in [9.17, 15) is 4.39 Å². The van der Waals surface area contributed by atoms with Gasteiger partial charge in [0.15, 0.2) is 0 Å². The van der Waals surface area contributed by atoms with E-state index in [1.54, 1.807) is 6.07 Å². The van der Waals surface area contributed by atoms with E-state index in [1.807, 2.05) is 11.8 Å². The number of nitrogens with two attached hydrogens (primary N) is 1. The van der Waals surface area contributed by atoms with Crippen LogP contribution in [-0.2, 0) is 6.42 Å². The molecule has 18 heavy (non-hydrogen) atoms. The molecule has 1 aromatic rings. The summed E-state index contributed by atoms with van der Waals surface area (Å²) in [6, 6.07) is 4.57. The lowest BCUT2D eigenvalue weighted by Crippen LogP contribution is -2.27. The summed E-state index contributed by atoms with van der Waals surface area (Å²) in [5, 5.41) is 0.617. The molecule has 0 radical (unpaired) electrons. The molecule has 2 N–H and O–H groups in total. The minimum absolute atomic E-state index is 0.0809. The van der Waals surface area contributed by atoms with Gasteiger partial charge in [-0.2, -0.15) is 11.8 Å². The number of rotatable bonds is 4. The normalized spacial score (nSPS) is 18.8. The van der Waals surface area contributed by atoms with E-state index in [4.69, 9.17) is 17.3 Å². The molecule has 1 aliphatic rings. The van der Waals surface area contributed by atoms with E-state index in [0.717, 1.165) is 17.9 Å². The lowest BCUT2D eigenvalue weighted by atomic mass is 9.91. The van der Waals surface area contributed by atoms with Crippen molar-refractivity contribution >= 4 is 23.4 Å². The number of hydrogen-bond donors (Lipinski definition) is 1. The van der Waals surface area contributed by atoms with Crippen molar-refractivity contribution in [3.05, 3.63) is 34.6 Å². The Morgan fingerprint density at radius 3 is 2.83 bits per heavy atom. The predicted molar refractivity (Wildman–Crippen MR) is 77.8 cm³/mol. The Labute approximate surface area is 117 Å².